The Hall–Kier alpha value is -4.57. The highest BCUT2D eigenvalue weighted by molar-refractivity contribution is 5.87. The van der Waals surface area contributed by atoms with E-state index in [-0.39, 0.29) is 5.91 Å². The standard InChI is InChI=1S/C28H29N9O/c1-28(29,22-6-4-3-5-7-22)27(38)36-14-12-35(13-15-36)25-9-8-20(16-30-25)26-24-10-11-31-37(24)19-23(33-26)21-17-32-34(2)18-21/h3-11,16-19H,12-15,29H2,1-2H3/t28-/m1/s1. The number of rotatable bonds is 5. The van der Waals surface area contributed by atoms with Gasteiger partial charge in [-0.05, 0) is 30.7 Å². The highest BCUT2D eigenvalue weighted by Gasteiger charge is 2.35. The first-order valence-electron chi connectivity index (χ1n) is 12.6. The Morgan fingerprint density at radius 3 is 2.39 bits per heavy atom. The van der Waals surface area contributed by atoms with Gasteiger partial charge in [-0.2, -0.15) is 10.2 Å². The van der Waals surface area contributed by atoms with E-state index in [0.29, 0.717) is 26.2 Å². The quantitative estimate of drug-likeness (QED) is 0.389. The number of fused-ring (bicyclic) bond motifs is 1. The summed E-state index contributed by atoms with van der Waals surface area (Å²) in [6.07, 6.45) is 9.24. The molecule has 5 heterocycles. The lowest BCUT2D eigenvalue weighted by Crippen LogP contribution is -2.56. The molecule has 1 fully saturated rings. The summed E-state index contributed by atoms with van der Waals surface area (Å²) in [5.41, 5.74) is 10.6. The van der Waals surface area contributed by atoms with E-state index in [9.17, 15) is 4.79 Å². The lowest BCUT2D eigenvalue weighted by atomic mass is 9.91. The smallest absolute Gasteiger partial charge is 0.247 e. The zero-order valence-electron chi connectivity index (χ0n) is 21.4. The van der Waals surface area contributed by atoms with Gasteiger partial charge in [-0.1, -0.05) is 30.3 Å². The zero-order chi connectivity index (χ0) is 26.3. The van der Waals surface area contributed by atoms with Gasteiger partial charge in [-0.25, -0.2) is 14.5 Å². The zero-order valence-corrected chi connectivity index (χ0v) is 21.4. The number of aromatic nitrogens is 6. The van der Waals surface area contributed by atoms with Crippen molar-refractivity contribution < 1.29 is 4.79 Å². The number of hydrogen-bond donors (Lipinski definition) is 1. The van der Waals surface area contributed by atoms with Crippen LogP contribution in [0.15, 0.2) is 79.5 Å². The number of pyridine rings is 1. The fourth-order valence-corrected chi connectivity index (χ4v) is 4.92. The molecule has 1 amide bonds. The van der Waals surface area contributed by atoms with Crippen LogP contribution in [0.2, 0.25) is 0 Å². The van der Waals surface area contributed by atoms with Gasteiger partial charge in [0.15, 0.2) is 0 Å². The van der Waals surface area contributed by atoms with Crippen molar-refractivity contribution >= 4 is 17.2 Å². The molecule has 0 unspecified atom stereocenters. The first-order chi connectivity index (χ1) is 18.4. The van der Waals surface area contributed by atoms with Crippen LogP contribution >= 0.6 is 0 Å². The summed E-state index contributed by atoms with van der Waals surface area (Å²) in [4.78, 5) is 26.9. The van der Waals surface area contributed by atoms with Crippen molar-refractivity contribution in [2.75, 3.05) is 31.1 Å². The number of nitrogens with zero attached hydrogens (tertiary/aromatic N) is 8. The second-order valence-corrected chi connectivity index (χ2v) is 9.79. The normalized spacial score (nSPS) is 15.6. The molecule has 10 nitrogen and oxygen atoms in total. The van der Waals surface area contributed by atoms with Crippen LogP contribution < -0.4 is 10.6 Å². The van der Waals surface area contributed by atoms with E-state index >= 15 is 0 Å². The number of carbonyl (C=O) groups excluding carboxylic acids is 1. The van der Waals surface area contributed by atoms with Crippen LogP contribution in [0.3, 0.4) is 0 Å². The van der Waals surface area contributed by atoms with Gasteiger partial charge in [-0.15, -0.1) is 0 Å². The van der Waals surface area contributed by atoms with Crippen molar-refractivity contribution in [3.8, 4) is 22.5 Å². The Morgan fingerprint density at radius 1 is 0.921 bits per heavy atom. The minimum atomic E-state index is -1.06. The lowest BCUT2D eigenvalue weighted by Gasteiger charge is -2.39. The molecule has 0 radical (unpaired) electrons. The Kier molecular flexibility index (Phi) is 5.88. The number of hydrogen-bond acceptors (Lipinski definition) is 7. The molecule has 1 aliphatic rings. The van der Waals surface area contributed by atoms with Crippen LogP contribution in [0.25, 0.3) is 28.0 Å². The number of anilines is 1. The van der Waals surface area contributed by atoms with Crippen LogP contribution in [0.5, 0.6) is 0 Å². The third-order valence-electron chi connectivity index (χ3n) is 7.12. The van der Waals surface area contributed by atoms with Gasteiger partial charge in [0, 0.05) is 56.7 Å². The molecule has 6 rings (SSSR count). The summed E-state index contributed by atoms with van der Waals surface area (Å²) in [6, 6.07) is 15.5. The minimum Gasteiger partial charge on any atom is -0.353 e. The number of nitrogens with two attached hydrogens (primary N) is 1. The monoisotopic (exact) mass is 507 g/mol. The fraction of sp³-hybridized carbons (Fsp3) is 0.250. The molecule has 0 aliphatic carbocycles. The van der Waals surface area contributed by atoms with E-state index in [1.54, 1.807) is 24.0 Å². The molecule has 5 aromatic rings. The van der Waals surface area contributed by atoms with Crippen LogP contribution in [0.1, 0.15) is 12.5 Å². The minimum absolute atomic E-state index is 0.0592. The Morgan fingerprint density at radius 2 is 1.71 bits per heavy atom. The average Bonchev–Trinajstić information content (AvgIpc) is 3.62. The largest absolute Gasteiger partial charge is 0.353 e. The summed E-state index contributed by atoms with van der Waals surface area (Å²) >= 11 is 0. The molecule has 38 heavy (non-hydrogen) atoms. The highest BCUT2D eigenvalue weighted by Crippen LogP contribution is 2.28. The Bertz CT molecular complexity index is 1580. The summed E-state index contributed by atoms with van der Waals surface area (Å²) in [5, 5.41) is 8.70. The molecule has 0 bridgehead atoms. The Labute approximate surface area is 220 Å². The van der Waals surface area contributed by atoms with E-state index in [0.717, 1.165) is 39.4 Å². The van der Waals surface area contributed by atoms with Crippen molar-refractivity contribution in [1.29, 1.82) is 0 Å². The van der Waals surface area contributed by atoms with E-state index in [1.165, 1.54) is 0 Å². The topological polar surface area (TPSA) is 110 Å². The van der Waals surface area contributed by atoms with Gasteiger partial charge in [0.25, 0.3) is 0 Å². The molecule has 1 atom stereocenters. The van der Waals surface area contributed by atoms with E-state index < -0.39 is 5.54 Å². The molecular weight excluding hydrogens is 478 g/mol. The van der Waals surface area contributed by atoms with Gasteiger partial charge in [0.1, 0.15) is 11.4 Å². The van der Waals surface area contributed by atoms with Crippen molar-refractivity contribution in [2.24, 2.45) is 12.8 Å². The molecule has 10 heteroatoms. The van der Waals surface area contributed by atoms with Gasteiger partial charge in [0.2, 0.25) is 5.91 Å². The van der Waals surface area contributed by atoms with Gasteiger partial charge in [-0.3, -0.25) is 9.48 Å². The van der Waals surface area contributed by atoms with Crippen LogP contribution in [-0.2, 0) is 17.4 Å². The summed E-state index contributed by atoms with van der Waals surface area (Å²) in [7, 11) is 1.88. The highest BCUT2D eigenvalue weighted by atomic mass is 16.2. The summed E-state index contributed by atoms with van der Waals surface area (Å²) < 4.78 is 3.58. The van der Waals surface area contributed by atoms with Crippen LogP contribution in [-0.4, -0.2) is 66.3 Å². The maximum atomic E-state index is 13.2. The molecule has 0 saturated carbocycles. The maximum absolute atomic E-state index is 13.2. The third kappa shape index (κ3) is 4.28. The van der Waals surface area contributed by atoms with Gasteiger partial charge >= 0.3 is 0 Å². The molecule has 4 aromatic heterocycles. The van der Waals surface area contributed by atoms with Crippen molar-refractivity contribution in [2.45, 2.75) is 12.5 Å². The summed E-state index contributed by atoms with van der Waals surface area (Å²) in [5.74, 6) is 0.809. The average molecular weight is 508 g/mol. The Balaban J connectivity index is 1.18. The number of piperazine rings is 1. The number of amides is 1. The van der Waals surface area contributed by atoms with E-state index in [1.807, 2.05) is 83.6 Å². The number of aryl methyl sites for hydroxylation is 1. The van der Waals surface area contributed by atoms with Crippen LogP contribution in [0, 0.1) is 0 Å². The number of benzene rings is 1. The molecule has 0 spiro atoms. The first-order valence-corrected chi connectivity index (χ1v) is 12.6. The summed E-state index contributed by atoms with van der Waals surface area (Å²) in [6.45, 7) is 4.33. The second-order valence-electron chi connectivity index (χ2n) is 9.79. The fourth-order valence-electron chi connectivity index (χ4n) is 4.92. The first kappa shape index (κ1) is 23.8. The second kappa shape index (κ2) is 9.38. The van der Waals surface area contributed by atoms with Crippen molar-refractivity contribution in [1.82, 2.24) is 34.3 Å². The third-order valence-corrected chi connectivity index (χ3v) is 7.12. The molecule has 1 aromatic carbocycles. The number of carbonyl (C=O) groups is 1. The molecular formula is C28H29N9O. The van der Waals surface area contributed by atoms with Crippen LogP contribution in [0.4, 0.5) is 5.82 Å². The SMILES string of the molecule is Cn1cc(-c2cn3nccc3c(-c3ccc(N4CCN(C(=O)[C@](C)(N)c5ccccc5)CC4)nc3)n2)cn1. The van der Waals surface area contributed by atoms with Crippen molar-refractivity contribution in [3.05, 3.63) is 85.1 Å². The van der Waals surface area contributed by atoms with Gasteiger partial charge in [0.05, 0.1) is 35.5 Å². The predicted octanol–water partition coefficient (Wildman–Crippen LogP) is 2.71. The van der Waals surface area contributed by atoms with Crippen molar-refractivity contribution in [3.63, 3.8) is 0 Å². The van der Waals surface area contributed by atoms with Gasteiger partial charge < -0.3 is 15.5 Å². The van der Waals surface area contributed by atoms with E-state index in [2.05, 4.69) is 15.1 Å². The lowest BCUT2D eigenvalue weighted by molar-refractivity contribution is -0.137. The predicted molar refractivity (Wildman–Crippen MR) is 145 cm³/mol. The molecule has 1 saturated heterocycles. The molecule has 1 aliphatic heterocycles. The molecule has 2 N–H and O–H groups in total. The maximum Gasteiger partial charge on any atom is 0.247 e. The molecule has 192 valence electrons. The van der Waals surface area contributed by atoms with E-state index in [4.69, 9.17) is 15.7 Å².